The molecular formula is C25H18ClN3O5. The molecule has 0 aliphatic carbocycles. The highest BCUT2D eigenvalue weighted by molar-refractivity contribution is 6.30. The van der Waals surface area contributed by atoms with Crippen molar-refractivity contribution in [3.63, 3.8) is 0 Å². The number of halogens is 1. The number of hydrogen-bond acceptors (Lipinski definition) is 6. The number of benzene rings is 2. The number of aromatic amines is 1. The van der Waals surface area contributed by atoms with E-state index in [1.54, 1.807) is 48.5 Å². The molecule has 1 aliphatic rings. The van der Waals surface area contributed by atoms with Gasteiger partial charge in [0.25, 0.3) is 5.91 Å². The number of nitrogens with zero attached hydrogens (tertiary/aromatic N) is 2. The number of hydrazone groups is 1. The Balaban J connectivity index is 1.37. The first kappa shape index (κ1) is 21.7. The molecule has 170 valence electrons. The number of hydrogen-bond donors (Lipinski definition) is 1. The van der Waals surface area contributed by atoms with Crippen molar-refractivity contribution in [2.45, 2.75) is 12.5 Å². The summed E-state index contributed by atoms with van der Waals surface area (Å²) in [5, 5.41) is 6.88. The minimum Gasteiger partial charge on any atom is -0.467 e. The largest absolute Gasteiger partial charge is 0.467 e. The molecule has 1 N–H and O–H groups in total. The van der Waals surface area contributed by atoms with Crippen LogP contribution in [-0.4, -0.2) is 34.2 Å². The fourth-order valence-corrected chi connectivity index (χ4v) is 4.03. The number of para-hydroxylation sites is 1. The normalized spacial score (nSPS) is 15.4. The molecule has 5 rings (SSSR count). The lowest BCUT2D eigenvalue weighted by molar-refractivity contribution is -0.136. The summed E-state index contributed by atoms with van der Waals surface area (Å²) in [5.74, 6) is -0.730. The van der Waals surface area contributed by atoms with Crippen molar-refractivity contribution < 1.29 is 18.7 Å². The second-order valence-electron chi connectivity index (χ2n) is 7.70. The van der Waals surface area contributed by atoms with Crippen LogP contribution >= 0.6 is 11.6 Å². The predicted octanol–water partition coefficient (Wildman–Crippen LogP) is 4.31. The molecule has 1 atom stereocenters. The summed E-state index contributed by atoms with van der Waals surface area (Å²) in [6.07, 6.45) is 1.95. The van der Waals surface area contributed by atoms with Crippen molar-refractivity contribution >= 4 is 40.1 Å². The van der Waals surface area contributed by atoms with Gasteiger partial charge in [-0.15, -0.1) is 0 Å². The van der Waals surface area contributed by atoms with Gasteiger partial charge in [-0.1, -0.05) is 41.9 Å². The average molecular weight is 476 g/mol. The zero-order chi connectivity index (χ0) is 23.7. The summed E-state index contributed by atoms with van der Waals surface area (Å²) < 4.78 is 10.8. The zero-order valence-corrected chi connectivity index (χ0v) is 18.5. The van der Waals surface area contributed by atoms with Crippen molar-refractivity contribution in [3.05, 3.63) is 105 Å². The molecule has 8 nitrogen and oxygen atoms in total. The number of amides is 1. The summed E-state index contributed by atoms with van der Waals surface area (Å²) in [7, 11) is 0. The van der Waals surface area contributed by atoms with E-state index in [2.05, 4.69) is 10.1 Å². The number of pyridine rings is 1. The quantitative estimate of drug-likeness (QED) is 0.433. The number of carbonyl (C=O) groups excluding carboxylic acids is 2. The Bertz CT molecular complexity index is 1460. The first-order valence-corrected chi connectivity index (χ1v) is 10.9. The topological polar surface area (TPSA) is 105 Å². The fourth-order valence-electron chi connectivity index (χ4n) is 3.90. The molecule has 0 saturated heterocycles. The number of furan rings is 1. The van der Waals surface area contributed by atoms with Gasteiger partial charge in [0.05, 0.1) is 17.5 Å². The number of esters is 1. The third-order valence-electron chi connectivity index (χ3n) is 5.51. The third kappa shape index (κ3) is 4.23. The molecular weight excluding hydrogens is 458 g/mol. The minimum atomic E-state index is -0.772. The molecule has 2 aromatic carbocycles. The van der Waals surface area contributed by atoms with Crippen LogP contribution in [0.25, 0.3) is 10.9 Å². The molecule has 0 spiro atoms. The lowest BCUT2D eigenvalue weighted by Crippen LogP contribution is -2.31. The van der Waals surface area contributed by atoms with Gasteiger partial charge in [-0.25, -0.2) is 9.80 Å². The number of nitrogens with one attached hydrogen (secondary N) is 1. The smallest absolute Gasteiger partial charge is 0.339 e. The summed E-state index contributed by atoms with van der Waals surface area (Å²) in [6.45, 7) is -0.547. The number of rotatable bonds is 5. The van der Waals surface area contributed by atoms with E-state index in [0.29, 0.717) is 33.8 Å². The lowest BCUT2D eigenvalue weighted by Gasteiger charge is -2.19. The van der Waals surface area contributed by atoms with Gasteiger partial charge >= 0.3 is 5.97 Å². The highest BCUT2D eigenvalue weighted by Crippen LogP contribution is 2.33. The molecule has 0 radical (unpaired) electrons. The van der Waals surface area contributed by atoms with E-state index in [1.807, 2.05) is 12.1 Å². The van der Waals surface area contributed by atoms with Crippen LogP contribution in [-0.2, 0) is 9.53 Å². The van der Waals surface area contributed by atoms with Gasteiger partial charge in [0, 0.05) is 28.4 Å². The molecule has 2 aromatic heterocycles. The van der Waals surface area contributed by atoms with E-state index >= 15 is 0 Å². The third-order valence-corrected chi connectivity index (χ3v) is 5.76. The molecule has 34 heavy (non-hydrogen) atoms. The van der Waals surface area contributed by atoms with Crippen molar-refractivity contribution in [1.29, 1.82) is 0 Å². The monoisotopic (exact) mass is 475 g/mol. The highest BCUT2D eigenvalue weighted by Gasteiger charge is 2.35. The molecule has 9 heteroatoms. The molecule has 0 bridgehead atoms. The summed E-state index contributed by atoms with van der Waals surface area (Å²) in [4.78, 5) is 40.4. The lowest BCUT2D eigenvalue weighted by atomic mass is 10.0. The Morgan fingerprint density at radius 3 is 2.68 bits per heavy atom. The van der Waals surface area contributed by atoms with Crippen LogP contribution in [0, 0.1) is 0 Å². The Hall–Kier alpha value is -4.17. The Morgan fingerprint density at radius 1 is 1.12 bits per heavy atom. The van der Waals surface area contributed by atoms with Gasteiger partial charge in [0.15, 0.2) is 6.61 Å². The predicted molar refractivity (Wildman–Crippen MR) is 126 cm³/mol. The van der Waals surface area contributed by atoms with Gasteiger partial charge in [-0.2, -0.15) is 5.10 Å². The maximum absolute atomic E-state index is 13.1. The van der Waals surface area contributed by atoms with Gasteiger partial charge in [0.2, 0.25) is 5.56 Å². The van der Waals surface area contributed by atoms with E-state index in [-0.39, 0.29) is 5.56 Å². The van der Waals surface area contributed by atoms with Crippen LogP contribution < -0.4 is 5.56 Å². The molecule has 0 saturated carbocycles. The Labute approximate surface area is 198 Å². The Kier molecular flexibility index (Phi) is 5.73. The van der Waals surface area contributed by atoms with E-state index in [9.17, 15) is 14.4 Å². The zero-order valence-electron chi connectivity index (χ0n) is 17.7. The second-order valence-corrected chi connectivity index (χ2v) is 8.13. The maximum Gasteiger partial charge on any atom is 0.339 e. The molecule has 0 fully saturated rings. The molecule has 1 aliphatic heterocycles. The van der Waals surface area contributed by atoms with Crippen LogP contribution in [0.1, 0.15) is 34.1 Å². The SMILES string of the molecule is O=C(OCC(=O)N1N=C(c2ccc(Cl)cc2)CC1c1ccco1)c1cc(=O)[nH]c2ccccc12. The van der Waals surface area contributed by atoms with Gasteiger partial charge in [-0.05, 0) is 35.9 Å². The molecule has 4 aromatic rings. The van der Waals surface area contributed by atoms with Gasteiger partial charge < -0.3 is 14.1 Å². The van der Waals surface area contributed by atoms with Crippen molar-refractivity contribution in [3.8, 4) is 0 Å². The fraction of sp³-hybridized carbons (Fsp3) is 0.120. The average Bonchev–Trinajstić information content (AvgIpc) is 3.52. The van der Waals surface area contributed by atoms with Crippen LogP contribution in [0.15, 0.2) is 87.3 Å². The summed E-state index contributed by atoms with van der Waals surface area (Å²) in [6, 6.07) is 18.2. The highest BCUT2D eigenvalue weighted by atomic mass is 35.5. The van der Waals surface area contributed by atoms with E-state index in [0.717, 1.165) is 11.6 Å². The Morgan fingerprint density at radius 2 is 1.91 bits per heavy atom. The van der Waals surface area contributed by atoms with Crippen molar-refractivity contribution in [1.82, 2.24) is 9.99 Å². The maximum atomic E-state index is 13.1. The number of ether oxygens (including phenoxy) is 1. The van der Waals surface area contributed by atoms with Crippen molar-refractivity contribution in [2.24, 2.45) is 5.10 Å². The van der Waals surface area contributed by atoms with E-state index < -0.39 is 30.1 Å². The van der Waals surface area contributed by atoms with Gasteiger partial charge in [0.1, 0.15) is 11.8 Å². The first-order chi connectivity index (χ1) is 16.5. The minimum absolute atomic E-state index is 0.0847. The summed E-state index contributed by atoms with van der Waals surface area (Å²) in [5.41, 5.74) is 1.65. The summed E-state index contributed by atoms with van der Waals surface area (Å²) >= 11 is 5.99. The molecule has 1 unspecified atom stereocenters. The number of fused-ring (bicyclic) bond motifs is 1. The van der Waals surface area contributed by atoms with Crippen LogP contribution in [0.4, 0.5) is 0 Å². The van der Waals surface area contributed by atoms with Crippen LogP contribution in [0.5, 0.6) is 0 Å². The van der Waals surface area contributed by atoms with Gasteiger partial charge in [-0.3, -0.25) is 9.59 Å². The number of carbonyl (C=O) groups is 2. The van der Waals surface area contributed by atoms with E-state index in [4.69, 9.17) is 20.8 Å². The van der Waals surface area contributed by atoms with E-state index in [1.165, 1.54) is 11.3 Å². The molecule has 1 amide bonds. The second kappa shape index (κ2) is 8.99. The number of H-pyrrole nitrogens is 1. The number of aromatic nitrogens is 1. The first-order valence-electron chi connectivity index (χ1n) is 10.5. The van der Waals surface area contributed by atoms with Crippen LogP contribution in [0.2, 0.25) is 5.02 Å². The molecule has 3 heterocycles. The van der Waals surface area contributed by atoms with Crippen LogP contribution in [0.3, 0.4) is 0 Å². The van der Waals surface area contributed by atoms with Crippen molar-refractivity contribution in [2.75, 3.05) is 6.61 Å². The standard InChI is InChI=1S/C25H18ClN3O5/c26-16-9-7-15(8-10-16)20-13-21(22-6-3-11-33-22)29(28-20)24(31)14-34-25(32)18-12-23(30)27-19-5-2-1-4-17(18)19/h1-12,21H,13-14H2,(H,27,30).